The van der Waals surface area contributed by atoms with E-state index in [1.807, 2.05) is 12.1 Å². The molecule has 0 radical (unpaired) electrons. The SMILES string of the molecule is C1CCOC1.CCCCCCN1C(=O)c2c(Br)c(Br)c3c4c(c(Br)c(Br)c(c24)C1=O)C(=O)N(CCCCCC)C3=O.[C-]#[N+]C([N+]#[C-])=C([S-])[S-].[C-]#[N+]C([N+]#[C-])=c1sc2c(s1)c1c(=O)n(CCCCCC)c(=O)c3c4sc(=C(C#N)C#N)sc4c4c(=O)n(CCCCCC)c(=O)c2c4c31.[Na+].[Na+]. The predicted octanol–water partition coefficient (Wildman–Crippen LogP) is 10.5. The summed E-state index contributed by atoms with van der Waals surface area (Å²) in [5, 5.41) is 21.2. The summed E-state index contributed by atoms with van der Waals surface area (Å²) in [7, 11) is 0. The summed E-state index contributed by atoms with van der Waals surface area (Å²) in [4.78, 5) is 127. The number of rotatable bonds is 20. The van der Waals surface area contributed by atoms with Gasteiger partial charge in [0.2, 0.25) is 0 Å². The second-order valence-electron chi connectivity index (χ2n) is 22.6. The van der Waals surface area contributed by atoms with Crippen molar-refractivity contribution in [3.8, 4) is 12.1 Å². The van der Waals surface area contributed by atoms with Gasteiger partial charge in [0.15, 0.2) is 9.42 Å². The number of halogens is 4. The first-order valence-corrected chi connectivity index (χ1v) is 38.6. The van der Waals surface area contributed by atoms with Gasteiger partial charge in [0, 0.05) is 78.8 Å². The molecule has 7 heterocycles. The third-order valence-electron chi connectivity index (χ3n) is 16.5. The monoisotopic (exact) mass is 1710 g/mol. The van der Waals surface area contributed by atoms with Gasteiger partial charge in [-0.2, -0.15) is 29.9 Å². The van der Waals surface area contributed by atoms with Crippen molar-refractivity contribution in [1.82, 2.24) is 18.9 Å². The normalized spacial score (nSPS) is 12.7. The number of hydrogen-bond donors (Lipinski definition) is 0. The van der Waals surface area contributed by atoms with E-state index in [-0.39, 0.29) is 148 Å². The topological polar surface area (TPSA) is 227 Å². The number of benzene rings is 4. The van der Waals surface area contributed by atoms with Crippen molar-refractivity contribution >= 4 is 231 Å². The van der Waals surface area contributed by atoms with E-state index in [2.05, 4.69) is 136 Å². The number of pyridine rings is 2. The van der Waals surface area contributed by atoms with Crippen LogP contribution in [-0.2, 0) is 43.1 Å². The molecular formula is C68H60Br4N10Na2O9S6. The van der Waals surface area contributed by atoms with Gasteiger partial charge in [-0.25, -0.2) is 4.24 Å². The van der Waals surface area contributed by atoms with Gasteiger partial charge in [-0.3, -0.25) is 57.3 Å². The maximum atomic E-state index is 14.4. The standard InChI is InChI=1S/C34H26N6O4S4.C26H26Br4N2O4.C4H2N2S2.C4H8O.2Na/c1-5-7-9-11-13-39-29(41)20-18-19-21(25-24(20)45-33(46-25)17(15-35)16-36)30(42)40(14-12-10-8-6-2)32(44)23(19)27-26(22(18)31(39)43)47-34(48-27)28(37-3)38-4;1-3-5-7-9-11-31-23(33)15-13-14-17(21(29)19(15)27)25(35)32(12-10-8-6-4-2)26(36)18(14)22(30)20(28)16(13)24(31)34;1-5-3(6-2)4(7)8;1-2-4-5-3-1;;/h5-14H2,1-2H3;3-12H2,1-2H3;7-8H;1-4H2;;/q;;;;2*+1/p-2. The van der Waals surface area contributed by atoms with Crippen LogP contribution in [0.25, 0.3) is 92.7 Å². The maximum Gasteiger partial charge on any atom is 1.00 e. The molecule has 3 aliphatic heterocycles. The number of fused-ring (bicyclic) bond motifs is 6. The van der Waals surface area contributed by atoms with E-state index in [9.17, 15) is 48.9 Å². The quantitative estimate of drug-likeness (QED) is 0.0173. The van der Waals surface area contributed by atoms with Gasteiger partial charge in [-0.1, -0.05) is 105 Å². The molecule has 31 heteroatoms. The van der Waals surface area contributed by atoms with Crippen LogP contribution < -0.4 is 89.0 Å². The number of aromatic nitrogens is 2. The van der Waals surface area contributed by atoms with Crippen LogP contribution in [0.2, 0.25) is 0 Å². The molecule has 502 valence electrons. The van der Waals surface area contributed by atoms with Crippen molar-refractivity contribution in [3.63, 3.8) is 0 Å². The van der Waals surface area contributed by atoms with Crippen molar-refractivity contribution in [2.75, 3.05) is 26.3 Å². The fourth-order valence-electron chi connectivity index (χ4n) is 11.8. The molecule has 4 amide bonds. The smallest absolute Gasteiger partial charge is 0.812 e. The molecule has 4 aromatic heterocycles. The number of nitrogens with zero attached hydrogens (tertiary/aromatic N) is 10. The Morgan fingerprint density at radius 3 is 0.970 bits per heavy atom. The largest absolute Gasteiger partial charge is 1.00 e. The number of nitriles is 2. The van der Waals surface area contributed by atoms with Crippen LogP contribution in [-0.4, -0.2) is 68.9 Å². The van der Waals surface area contributed by atoms with Crippen LogP contribution in [0.1, 0.15) is 185 Å². The van der Waals surface area contributed by atoms with Crippen molar-refractivity contribution in [2.24, 2.45) is 0 Å². The molecule has 19 nitrogen and oxygen atoms in total. The van der Waals surface area contributed by atoms with E-state index >= 15 is 0 Å². The molecule has 1 saturated heterocycles. The molecule has 3 aliphatic rings. The van der Waals surface area contributed by atoms with Gasteiger partial charge in [0.05, 0.1) is 62.6 Å². The Kier molecular flexibility index (Phi) is 32.1. The number of carbonyl (C=O) groups is 4. The Morgan fingerprint density at radius 2 is 0.737 bits per heavy atom. The second-order valence-corrected chi connectivity index (χ2v) is 31.5. The molecule has 4 aromatic carbocycles. The molecule has 0 atom stereocenters. The zero-order chi connectivity index (χ0) is 70.7. The molecule has 0 aliphatic carbocycles. The van der Waals surface area contributed by atoms with E-state index in [4.69, 9.17) is 31.0 Å². The summed E-state index contributed by atoms with van der Waals surface area (Å²) in [6, 6.07) is 3.82. The summed E-state index contributed by atoms with van der Waals surface area (Å²) in [6.45, 7) is 39.1. The van der Waals surface area contributed by atoms with Crippen LogP contribution in [0.3, 0.4) is 0 Å². The van der Waals surface area contributed by atoms with Crippen LogP contribution in [0.4, 0.5) is 0 Å². The van der Waals surface area contributed by atoms with Crippen molar-refractivity contribution in [3.05, 3.63) is 145 Å². The maximum absolute atomic E-state index is 14.4. The first-order chi connectivity index (χ1) is 46.7. The molecule has 1 fully saturated rings. The molecule has 11 rings (SSSR count). The molecule has 0 N–H and O–H groups in total. The third kappa shape index (κ3) is 16.6. The summed E-state index contributed by atoms with van der Waals surface area (Å²) in [5.41, 5.74) is -1.23. The number of ether oxygens (including phenoxy) is 1. The van der Waals surface area contributed by atoms with Crippen LogP contribution in [0.15, 0.2) is 47.1 Å². The van der Waals surface area contributed by atoms with E-state index < -0.39 is 45.9 Å². The first kappa shape index (κ1) is 83.3. The van der Waals surface area contributed by atoms with Gasteiger partial charge in [-0.15, -0.1) is 45.3 Å². The Balaban J connectivity index is 0.000000266. The summed E-state index contributed by atoms with van der Waals surface area (Å²) in [6.07, 6.45) is 16.5. The summed E-state index contributed by atoms with van der Waals surface area (Å²) >= 11 is 27.1. The molecular weight excluding hydrogens is 1660 g/mol. The Morgan fingerprint density at radius 1 is 0.444 bits per heavy atom. The third-order valence-corrected chi connectivity index (χ3v) is 26.3. The van der Waals surface area contributed by atoms with Crippen molar-refractivity contribution < 1.29 is 83.0 Å². The fraction of sp³-hybridized carbons (Fsp3) is 0.412. The average molecular weight is 1720 g/mol. The number of imide groups is 2. The van der Waals surface area contributed by atoms with Crippen molar-refractivity contribution in [2.45, 2.75) is 156 Å². The number of carbonyl (C=O) groups excluding carboxylic acids is 4. The fourth-order valence-corrected chi connectivity index (χ4v) is 19.5. The minimum absolute atomic E-state index is 0. The second kappa shape index (κ2) is 38.2. The zero-order valence-corrected chi connectivity index (χ0v) is 70.3. The molecule has 8 aromatic rings. The van der Waals surface area contributed by atoms with Gasteiger partial charge in [-0.05, 0) is 102 Å². The zero-order valence-electron chi connectivity index (χ0n) is 55.1. The molecule has 0 bridgehead atoms. The number of amides is 4. The van der Waals surface area contributed by atoms with Crippen LogP contribution in [0, 0.1) is 49.0 Å². The molecule has 0 saturated carbocycles. The predicted molar refractivity (Wildman–Crippen MR) is 405 cm³/mol. The van der Waals surface area contributed by atoms with Gasteiger partial charge < -0.3 is 30.0 Å². The van der Waals surface area contributed by atoms with E-state index in [1.165, 1.54) is 31.8 Å². The van der Waals surface area contributed by atoms with E-state index in [1.54, 1.807) is 0 Å². The van der Waals surface area contributed by atoms with Crippen molar-refractivity contribution in [1.29, 1.82) is 10.5 Å². The van der Waals surface area contributed by atoms with Gasteiger partial charge >= 0.3 is 70.8 Å². The summed E-state index contributed by atoms with van der Waals surface area (Å²) in [5.74, 6) is -2.08. The van der Waals surface area contributed by atoms with Gasteiger partial charge in [0.1, 0.15) is 42.3 Å². The molecule has 0 spiro atoms. The van der Waals surface area contributed by atoms with E-state index in [0.717, 1.165) is 136 Å². The van der Waals surface area contributed by atoms with Crippen LogP contribution in [0.5, 0.6) is 0 Å². The number of unbranched alkanes of at least 4 members (excludes halogenated alkanes) is 12. The number of hydrogen-bond acceptors (Lipinski definition) is 17. The first-order valence-electron chi connectivity index (χ1n) is 31.4. The Hall–Kier alpha value is -4.68. The Labute approximate surface area is 675 Å². The minimum atomic E-state index is -0.557. The van der Waals surface area contributed by atoms with Crippen LogP contribution >= 0.6 is 109 Å². The van der Waals surface area contributed by atoms with Gasteiger partial charge in [0.25, 0.3) is 45.9 Å². The molecule has 99 heavy (non-hydrogen) atoms. The Bertz CT molecular complexity index is 4700. The summed E-state index contributed by atoms with van der Waals surface area (Å²) < 4.78 is 11.2. The minimum Gasteiger partial charge on any atom is -0.812 e. The van der Waals surface area contributed by atoms with E-state index in [0.29, 0.717) is 93.9 Å². The average Bonchev–Trinajstić information content (AvgIpc) is 1.68. The molecule has 0 unspecified atom stereocenters.